The monoisotopic (exact) mass is 237 g/mol. The summed E-state index contributed by atoms with van der Waals surface area (Å²) in [5, 5.41) is 3.50. The van der Waals surface area contributed by atoms with E-state index in [0.29, 0.717) is 6.04 Å². The Morgan fingerprint density at radius 1 is 1.29 bits per heavy atom. The SMILES string of the molecule is CCNC(Cc1cc(F)ccc1C)C(C)(C)C. The summed E-state index contributed by atoms with van der Waals surface area (Å²) < 4.78 is 13.3. The van der Waals surface area contributed by atoms with Gasteiger partial charge in [0.15, 0.2) is 0 Å². The smallest absolute Gasteiger partial charge is 0.123 e. The molecule has 0 aliphatic rings. The molecule has 0 aliphatic heterocycles. The molecular weight excluding hydrogens is 213 g/mol. The van der Waals surface area contributed by atoms with Crippen molar-refractivity contribution >= 4 is 0 Å². The molecule has 1 nitrogen and oxygen atoms in total. The van der Waals surface area contributed by atoms with E-state index in [1.54, 1.807) is 6.07 Å². The van der Waals surface area contributed by atoms with Crippen molar-refractivity contribution in [3.05, 3.63) is 35.1 Å². The van der Waals surface area contributed by atoms with Gasteiger partial charge in [-0.25, -0.2) is 4.39 Å². The molecule has 0 spiro atoms. The predicted octanol–water partition coefficient (Wildman–Crippen LogP) is 3.70. The third-order valence-electron chi connectivity index (χ3n) is 3.23. The molecule has 1 atom stereocenters. The van der Waals surface area contributed by atoms with Gasteiger partial charge in [0, 0.05) is 6.04 Å². The van der Waals surface area contributed by atoms with Crippen LogP contribution >= 0.6 is 0 Å². The third-order valence-corrected chi connectivity index (χ3v) is 3.23. The van der Waals surface area contributed by atoms with E-state index in [9.17, 15) is 4.39 Å². The van der Waals surface area contributed by atoms with Crippen LogP contribution in [0.15, 0.2) is 18.2 Å². The third kappa shape index (κ3) is 4.12. The molecule has 1 aromatic carbocycles. The normalized spacial score (nSPS) is 13.8. The minimum atomic E-state index is -0.144. The number of aryl methyl sites for hydroxylation is 1. The maximum absolute atomic E-state index is 13.3. The molecule has 1 unspecified atom stereocenters. The number of nitrogens with one attached hydrogen (secondary N) is 1. The summed E-state index contributed by atoms with van der Waals surface area (Å²) >= 11 is 0. The molecule has 0 amide bonds. The second kappa shape index (κ2) is 5.63. The minimum absolute atomic E-state index is 0.144. The quantitative estimate of drug-likeness (QED) is 0.842. The first-order chi connectivity index (χ1) is 7.84. The van der Waals surface area contributed by atoms with Gasteiger partial charge in [-0.05, 0) is 48.6 Å². The Morgan fingerprint density at radius 2 is 1.94 bits per heavy atom. The first kappa shape index (κ1) is 14.2. The lowest BCUT2D eigenvalue weighted by atomic mass is 9.82. The van der Waals surface area contributed by atoms with Gasteiger partial charge in [0.2, 0.25) is 0 Å². The van der Waals surface area contributed by atoms with Crippen molar-refractivity contribution in [2.24, 2.45) is 5.41 Å². The molecule has 0 saturated carbocycles. The highest BCUT2D eigenvalue weighted by Gasteiger charge is 2.24. The molecule has 2 heteroatoms. The summed E-state index contributed by atoms with van der Waals surface area (Å²) in [6.07, 6.45) is 0.876. The summed E-state index contributed by atoms with van der Waals surface area (Å²) in [5.41, 5.74) is 2.44. The van der Waals surface area contributed by atoms with Crippen molar-refractivity contribution in [2.45, 2.75) is 47.1 Å². The van der Waals surface area contributed by atoms with E-state index in [-0.39, 0.29) is 11.2 Å². The van der Waals surface area contributed by atoms with Crippen molar-refractivity contribution in [3.8, 4) is 0 Å². The van der Waals surface area contributed by atoms with Crippen LogP contribution in [0, 0.1) is 18.2 Å². The fourth-order valence-corrected chi connectivity index (χ4v) is 2.01. The molecule has 17 heavy (non-hydrogen) atoms. The Kier molecular flexibility index (Phi) is 4.70. The Balaban J connectivity index is 2.89. The van der Waals surface area contributed by atoms with E-state index >= 15 is 0 Å². The van der Waals surface area contributed by atoms with Crippen LogP contribution in [0.1, 0.15) is 38.8 Å². The Labute approximate surface area is 104 Å². The van der Waals surface area contributed by atoms with Crippen molar-refractivity contribution in [1.29, 1.82) is 0 Å². The van der Waals surface area contributed by atoms with Gasteiger partial charge < -0.3 is 5.32 Å². The molecule has 0 aliphatic carbocycles. The van der Waals surface area contributed by atoms with E-state index in [2.05, 4.69) is 33.0 Å². The molecule has 0 bridgehead atoms. The molecule has 0 saturated heterocycles. The van der Waals surface area contributed by atoms with E-state index in [1.165, 1.54) is 11.6 Å². The zero-order chi connectivity index (χ0) is 13.1. The standard InChI is InChI=1S/C15H24FN/c1-6-17-14(15(3,4)5)10-12-9-13(16)8-7-11(12)2/h7-9,14,17H,6,10H2,1-5H3. The van der Waals surface area contributed by atoms with Crippen LogP contribution in [0.3, 0.4) is 0 Å². The van der Waals surface area contributed by atoms with Gasteiger partial charge in [0.25, 0.3) is 0 Å². The van der Waals surface area contributed by atoms with Gasteiger partial charge in [-0.3, -0.25) is 0 Å². The maximum Gasteiger partial charge on any atom is 0.123 e. The first-order valence-electron chi connectivity index (χ1n) is 6.33. The van der Waals surface area contributed by atoms with Crippen LogP contribution in [-0.4, -0.2) is 12.6 Å². The molecular formula is C15H24FN. The zero-order valence-corrected chi connectivity index (χ0v) is 11.6. The van der Waals surface area contributed by atoms with Gasteiger partial charge in [0.05, 0.1) is 0 Å². The van der Waals surface area contributed by atoms with E-state index < -0.39 is 0 Å². The summed E-state index contributed by atoms with van der Waals surface area (Å²) in [5.74, 6) is -0.144. The maximum atomic E-state index is 13.3. The Morgan fingerprint density at radius 3 is 2.47 bits per heavy atom. The second-order valence-electron chi connectivity index (χ2n) is 5.75. The van der Waals surface area contributed by atoms with Crippen molar-refractivity contribution < 1.29 is 4.39 Å². The first-order valence-corrected chi connectivity index (χ1v) is 6.33. The van der Waals surface area contributed by atoms with Gasteiger partial charge in [-0.2, -0.15) is 0 Å². The molecule has 1 rings (SSSR count). The summed E-state index contributed by atoms with van der Waals surface area (Å²) in [6, 6.07) is 5.41. The molecule has 0 radical (unpaired) electrons. The molecule has 96 valence electrons. The molecule has 1 N–H and O–H groups in total. The fraction of sp³-hybridized carbons (Fsp3) is 0.600. The highest BCUT2D eigenvalue weighted by atomic mass is 19.1. The highest BCUT2D eigenvalue weighted by Crippen LogP contribution is 2.24. The molecule has 0 fully saturated rings. The van der Waals surface area contributed by atoms with E-state index in [1.807, 2.05) is 13.0 Å². The summed E-state index contributed by atoms with van der Waals surface area (Å²) in [4.78, 5) is 0. The Bertz CT molecular complexity index is 366. The second-order valence-corrected chi connectivity index (χ2v) is 5.75. The van der Waals surface area contributed by atoms with Crippen molar-refractivity contribution in [3.63, 3.8) is 0 Å². The predicted molar refractivity (Wildman–Crippen MR) is 71.8 cm³/mol. The number of hydrogen-bond acceptors (Lipinski definition) is 1. The van der Waals surface area contributed by atoms with Crippen molar-refractivity contribution in [1.82, 2.24) is 5.32 Å². The molecule has 0 heterocycles. The van der Waals surface area contributed by atoms with Crippen molar-refractivity contribution in [2.75, 3.05) is 6.54 Å². The average Bonchev–Trinajstić information content (AvgIpc) is 2.21. The topological polar surface area (TPSA) is 12.0 Å². The van der Waals surface area contributed by atoms with Crippen LogP contribution < -0.4 is 5.32 Å². The number of hydrogen-bond donors (Lipinski definition) is 1. The van der Waals surface area contributed by atoms with Gasteiger partial charge in [0.1, 0.15) is 5.82 Å². The summed E-state index contributed by atoms with van der Waals surface area (Å²) in [7, 11) is 0. The van der Waals surface area contributed by atoms with Crippen LogP contribution in [0.25, 0.3) is 0 Å². The molecule has 0 aromatic heterocycles. The number of likely N-dealkylation sites (N-methyl/N-ethyl adjacent to an activating group) is 1. The molecule has 1 aromatic rings. The van der Waals surface area contributed by atoms with Crippen LogP contribution in [-0.2, 0) is 6.42 Å². The average molecular weight is 237 g/mol. The largest absolute Gasteiger partial charge is 0.313 e. The Hall–Kier alpha value is -0.890. The minimum Gasteiger partial charge on any atom is -0.313 e. The number of halogens is 1. The van der Waals surface area contributed by atoms with Crippen LogP contribution in [0.4, 0.5) is 4.39 Å². The summed E-state index contributed by atoms with van der Waals surface area (Å²) in [6.45, 7) is 11.7. The van der Waals surface area contributed by atoms with Gasteiger partial charge in [-0.1, -0.05) is 33.8 Å². The van der Waals surface area contributed by atoms with Gasteiger partial charge >= 0.3 is 0 Å². The van der Waals surface area contributed by atoms with Crippen LogP contribution in [0.2, 0.25) is 0 Å². The lowest BCUT2D eigenvalue weighted by Crippen LogP contribution is -2.42. The lowest BCUT2D eigenvalue weighted by Gasteiger charge is -2.32. The lowest BCUT2D eigenvalue weighted by molar-refractivity contribution is 0.269. The number of rotatable bonds is 4. The van der Waals surface area contributed by atoms with E-state index in [0.717, 1.165) is 18.5 Å². The van der Waals surface area contributed by atoms with Gasteiger partial charge in [-0.15, -0.1) is 0 Å². The highest BCUT2D eigenvalue weighted by molar-refractivity contribution is 5.27. The fourth-order valence-electron chi connectivity index (χ4n) is 2.01. The van der Waals surface area contributed by atoms with E-state index in [4.69, 9.17) is 0 Å². The van der Waals surface area contributed by atoms with Crippen LogP contribution in [0.5, 0.6) is 0 Å². The zero-order valence-electron chi connectivity index (χ0n) is 11.6. The number of benzene rings is 1.